The molecule has 0 spiro atoms. The molecular formula is C28H39N3O4. The van der Waals surface area contributed by atoms with Gasteiger partial charge in [-0.2, -0.15) is 0 Å². The number of aryl methyl sites for hydroxylation is 1. The first kappa shape index (κ1) is 25.5. The summed E-state index contributed by atoms with van der Waals surface area (Å²) in [6.45, 7) is 9.69. The van der Waals surface area contributed by atoms with Gasteiger partial charge in [0, 0.05) is 45.8 Å². The van der Waals surface area contributed by atoms with E-state index in [0.29, 0.717) is 12.5 Å². The Morgan fingerprint density at radius 3 is 2.40 bits per heavy atom. The molecular weight excluding hydrogens is 442 g/mol. The number of carbonyl (C=O) groups excluding carboxylic acids is 1. The molecule has 1 amide bonds. The molecule has 2 fully saturated rings. The lowest BCUT2D eigenvalue weighted by molar-refractivity contribution is -0.128. The standard InChI is InChI=1S/C28H39N3O4/c1-21-4-6-22(7-5-21)16-29-28(32)25-14-24(18-30-10-12-35-13-11-30)19-31(20-25)17-23-8-9-26(33-2)27(15-23)34-3/h4-9,15,24-25H,10-14,16-20H2,1-3H3,(H,29,32)/t24-,25-/m1/s1. The molecule has 2 aromatic rings. The van der Waals surface area contributed by atoms with Crippen LogP contribution in [0.3, 0.4) is 0 Å². The van der Waals surface area contributed by atoms with Crippen LogP contribution in [0.5, 0.6) is 11.5 Å². The summed E-state index contributed by atoms with van der Waals surface area (Å²) in [4.78, 5) is 18.2. The van der Waals surface area contributed by atoms with Gasteiger partial charge in [0.2, 0.25) is 5.91 Å². The predicted molar refractivity (Wildman–Crippen MR) is 137 cm³/mol. The van der Waals surface area contributed by atoms with Crippen molar-refractivity contribution in [2.75, 3.05) is 60.2 Å². The second kappa shape index (κ2) is 12.4. The maximum Gasteiger partial charge on any atom is 0.224 e. The summed E-state index contributed by atoms with van der Waals surface area (Å²) < 4.78 is 16.4. The molecule has 190 valence electrons. The summed E-state index contributed by atoms with van der Waals surface area (Å²) in [6, 6.07) is 14.4. The van der Waals surface area contributed by atoms with Gasteiger partial charge in [-0.25, -0.2) is 0 Å². The molecule has 0 unspecified atom stereocenters. The molecule has 0 aliphatic carbocycles. The third-order valence-electron chi connectivity index (χ3n) is 7.05. The molecule has 0 radical (unpaired) electrons. The highest BCUT2D eigenvalue weighted by molar-refractivity contribution is 5.79. The Morgan fingerprint density at radius 2 is 1.69 bits per heavy atom. The van der Waals surface area contributed by atoms with E-state index in [1.165, 1.54) is 5.56 Å². The third kappa shape index (κ3) is 7.19. The third-order valence-corrected chi connectivity index (χ3v) is 7.05. The zero-order chi connectivity index (χ0) is 24.6. The van der Waals surface area contributed by atoms with Crippen LogP contribution < -0.4 is 14.8 Å². The number of methoxy groups -OCH3 is 2. The number of hydrogen-bond donors (Lipinski definition) is 1. The summed E-state index contributed by atoms with van der Waals surface area (Å²) in [5, 5.41) is 3.19. The van der Waals surface area contributed by atoms with Crippen LogP contribution in [0.25, 0.3) is 0 Å². The second-order valence-corrected chi connectivity index (χ2v) is 9.80. The van der Waals surface area contributed by atoms with E-state index in [9.17, 15) is 4.79 Å². The van der Waals surface area contributed by atoms with Crippen LogP contribution in [0.4, 0.5) is 0 Å². The van der Waals surface area contributed by atoms with Crippen LogP contribution in [0.2, 0.25) is 0 Å². The van der Waals surface area contributed by atoms with E-state index in [1.54, 1.807) is 14.2 Å². The van der Waals surface area contributed by atoms with Gasteiger partial charge in [0.15, 0.2) is 11.5 Å². The number of morpholine rings is 1. The molecule has 2 heterocycles. The number of hydrogen-bond acceptors (Lipinski definition) is 6. The van der Waals surface area contributed by atoms with Crippen LogP contribution in [0, 0.1) is 18.8 Å². The summed E-state index contributed by atoms with van der Waals surface area (Å²) in [5.74, 6) is 2.03. The van der Waals surface area contributed by atoms with E-state index in [-0.39, 0.29) is 11.8 Å². The number of likely N-dealkylation sites (tertiary alicyclic amines) is 1. The Balaban J connectivity index is 1.43. The quantitative estimate of drug-likeness (QED) is 0.594. The van der Waals surface area contributed by atoms with Crippen molar-refractivity contribution in [1.82, 2.24) is 15.1 Å². The average Bonchev–Trinajstić information content (AvgIpc) is 2.88. The van der Waals surface area contributed by atoms with Crippen LogP contribution in [-0.4, -0.2) is 75.9 Å². The normalized spacial score (nSPS) is 21.5. The Hall–Kier alpha value is -2.61. The maximum absolute atomic E-state index is 13.3. The molecule has 4 rings (SSSR count). The Labute approximate surface area is 209 Å². The topological polar surface area (TPSA) is 63.3 Å². The first-order valence-electron chi connectivity index (χ1n) is 12.6. The Morgan fingerprint density at radius 1 is 0.971 bits per heavy atom. The monoisotopic (exact) mass is 481 g/mol. The Bertz CT molecular complexity index is 959. The minimum Gasteiger partial charge on any atom is -0.493 e. The van der Waals surface area contributed by atoms with Crippen molar-refractivity contribution < 1.29 is 19.0 Å². The molecule has 0 aromatic heterocycles. The lowest BCUT2D eigenvalue weighted by atomic mass is 9.87. The van der Waals surface area contributed by atoms with Gasteiger partial charge in [-0.3, -0.25) is 14.6 Å². The molecule has 7 heteroatoms. The van der Waals surface area contributed by atoms with Crippen molar-refractivity contribution in [3.05, 3.63) is 59.2 Å². The highest BCUT2D eigenvalue weighted by Gasteiger charge is 2.33. The first-order chi connectivity index (χ1) is 17.0. The molecule has 2 aliphatic heterocycles. The van der Waals surface area contributed by atoms with Crippen LogP contribution in [0.15, 0.2) is 42.5 Å². The highest BCUT2D eigenvalue weighted by atomic mass is 16.5. The molecule has 7 nitrogen and oxygen atoms in total. The number of benzene rings is 2. The van der Waals surface area contributed by atoms with E-state index in [4.69, 9.17) is 14.2 Å². The van der Waals surface area contributed by atoms with Gasteiger partial charge >= 0.3 is 0 Å². The first-order valence-corrected chi connectivity index (χ1v) is 12.6. The lowest BCUT2D eigenvalue weighted by Crippen LogP contribution is -2.49. The molecule has 0 saturated carbocycles. The van der Waals surface area contributed by atoms with E-state index in [2.05, 4.69) is 52.4 Å². The molecule has 0 bridgehead atoms. The fourth-order valence-corrected chi connectivity index (χ4v) is 5.18. The van der Waals surface area contributed by atoms with Crippen molar-refractivity contribution in [1.29, 1.82) is 0 Å². The number of piperidine rings is 1. The summed E-state index contributed by atoms with van der Waals surface area (Å²) >= 11 is 0. The minimum absolute atomic E-state index is 0.0274. The lowest BCUT2D eigenvalue weighted by Gasteiger charge is -2.40. The van der Waals surface area contributed by atoms with Gasteiger partial charge in [0.1, 0.15) is 0 Å². The van der Waals surface area contributed by atoms with Crippen LogP contribution >= 0.6 is 0 Å². The largest absolute Gasteiger partial charge is 0.493 e. The summed E-state index contributed by atoms with van der Waals surface area (Å²) in [5.41, 5.74) is 3.52. The maximum atomic E-state index is 13.3. The van der Waals surface area contributed by atoms with E-state index in [0.717, 1.165) is 81.5 Å². The highest BCUT2D eigenvalue weighted by Crippen LogP contribution is 2.30. The molecule has 2 aliphatic rings. The molecule has 1 N–H and O–H groups in total. The molecule has 2 aromatic carbocycles. The van der Waals surface area contributed by atoms with Gasteiger partial charge < -0.3 is 19.5 Å². The van der Waals surface area contributed by atoms with E-state index in [1.807, 2.05) is 12.1 Å². The Kier molecular flexibility index (Phi) is 9.01. The zero-order valence-corrected chi connectivity index (χ0v) is 21.3. The van der Waals surface area contributed by atoms with Gasteiger partial charge in [0.25, 0.3) is 0 Å². The fraction of sp³-hybridized carbons (Fsp3) is 0.536. The summed E-state index contributed by atoms with van der Waals surface area (Å²) in [6.07, 6.45) is 0.916. The number of carbonyl (C=O) groups is 1. The van der Waals surface area contributed by atoms with Gasteiger partial charge in [-0.15, -0.1) is 0 Å². The molecule has 35 heavy (non-hydrogen) atoms. The van der Waals surface area contributed by atoms with Crippen molar-refractivity contribution >= 4 is 5.91 Å². The summed E-state index contributed by atoms with van der Waals surface area (Å²) in [7, 11) is 3.31. The average molecular weight is 482 g/mol. The van der Waals surface area contributed by atoms with Crippen LogP contribution in [0.1, 0.15) is 23.1 Å². The van der Waals surface area contributed by atoms with E-state index >= 15 is 0 Å². The predicted octanol–water partition coefficient (Wildman–Crippen LogP) is 3.10. The minimum atomic E-state index is -0.0274. The van der Waals surface area contributed by atoms with E-state index < -0.39 is 0 Å². The molecule has 2 atom stereocenters. The fourth-order valence-electron chi connectivity index (χ4n) is 5.18. The number of nitrogens with zero attached hydrogens (tertiary/aromatic N) is 2. The SMILES string of the molecule is COc1ccc(CN2C[C@@H](CN3CCOCC3)C[C@@H](C(=O)NCc3ccc(C)cc3)C2)cc1OC. The second-order valence-electron chi connectivity index (χ2n) is 9.80. The zero-order valence-electron chi connectivity index (χ0n) is 21.3. The van der Waals surface area contributed by atoms with Gasteiger partial charge in [-0.1, -0.05) is 35.9 Å². The number of nitrogens with one attached hydrogen (secondary N) is 1. The van der Waals surface area contributed by atoms with Crippen molar-refractivity contribution in [2.24, 2.45) is 11.8 Å². The number of amides is 1. The smallest absolute Gasteiger partial charge is 0.224 e. The molecule has 2 saturated heterocycles. The number of rotatable bonds is 9. The van der Waals surface area contributed by atoms with Crippen molar-refractivity contribution in [3.63, 3.8) is 0 Å². The number of ether oxygens (including phenoxy) is 3. The van der Waals surface area contributed by atoms with Crippen molar-refractivity contribution in [3.8, 4) is 11.5 Å². The van der Waals surface area contributed by atoms with Crippen LogP contribution in [-0.2, 0) is 22.6 Å². The van der Waals surface area contributed by atoms with Gasteiger partial charge in [0.05, 0.1) is 33.4 Å². The van der Waals surface area contributed by atoms with Crippen molar-refractivity contribution in [2.45, 2.75) is 26.4 Å². The van der Waals surface area contributed by atoms with Gasteiger partial charge in [-0.05, 0) is 42.5 Å².